The summed E-state index contributed by atoms with van der Waals surface area (Å²) in [7, 11) is 0. The van der Waals surface area contributed by atoms with Gasteiger partial charge in [0, 0.05) is 48.5 Å². The van der Waals surface area contributed by atoms with Gasteiger partial charge in [0.05, 0.1) is 10.3 Å². The van der Waals surface area contributed by atoms with Gasteiger partial charge in [0.15, 0.2) is 30.5 Å². The summed E-state index contributed by atoms with van der Waals surface area (Å²) in [5.74, 6) is -8.53. The molecule has 0 amide bonds. The third-order valence-corrected chi connectivity index (χ3v) is 4.38. The van der Waals surface area contributed by atoms with Crippen LogP contribution in [0.3, 0.4) is 0 Å². The monoisotopic (exact) mass is 575 g/mol. The van der Waals surface area contributed by atoms with Crippen LogP contribution in [0.25, 0.3) is 0 Å². The van der Waals surface area contributed by atoms with Crippen LogP contribution < -0.4 is 0 Å². The Bertz CT molecular complexity index is 1050. The van der Waals surface area contributed by atoms with Gasteiger partial charge in [0.2, 0.25) is 6.10 Å². The SMILES string of the molecule is CC(=O)OCC(OC(C)=O)C(OC(C)=O)C(OC(C)=O)C(OC(C)=O)C(OC(C)=O)C(OC(C)=O)C(=O)C=[N+]=N. The van der Waals surface area contributed by atoms with Crippen molar-refractivity contribution in [1.82, 2.24) is 0 Å². The lowest BCUT2D eigenvalue weighted by atomic mass is 9.93. The van der Waals surface area contributed by atoms with Crippen LogP contribution in [0.4, 0.5) is 0 Å². The summed E-state index contributed by atoms with van der Waals surface area (Å²) < 4.78 is 35.9. The number of rotatable bonds is 15. The molecule has 0 aliphatic heterocycles. The van der Waals surface area contributed by atoms with E-state index in [0.29, 0.717) is 6.21 Å². The summed E-state index contributed by atoms with van der Waals surface area (Å²) in [6.07, 6.45) is -11.7. The van der Waals surface area contributed by atoms with E-state index in [9.17, 15) is 38.4 Å². The lowest BCUT2D eigenvalue weighted by molar-refractivity contribution is -0.221. The molecule has 6 atom stereocenters. The Morgan fingerprint density at radius 1 is 0.550 bits per heavy atom. The van der Waals surface area contributed by atoms with Crippen LogP contribution in [0.1, 0.15) is 48.5 Å². The Hall–Kier alpha value is -4.66. The van der Waals surface area contributed by atoms with Crippen molar-refractivity contribution in [2.45, 2.75) is 85.1 Å². The smallest absolute Gasteiger partial charge is 0.376 e. The Labute approximate surface area is 227 Å². The molecule has 0 aromatic carbocycles. The molecule has 0 aromatic rings. The number of ether oxygens (including phenoxy) is 7. The van der Waals surface area contributed by atoms with E-state index in [0.717, 1.165) is 48.5 Å². The summed E-state index contributed by atoms with van der Waals surface area (Å²) in [6, 6.07) is 0. The van der Waals surface area contributed by atoms with Crippen LogP contribution in [-0.4, -0.2) is 102 Å². The molecule has 0 spiro atoms. The molecule has 0 rings (SSSR count). The predicted octanol–water partition coefficient (Wildman–Crippen LogP) is -0.981. The average Bonchev–Trinajstić information content (AvgIpc) is 2.79. The average molecular weight is 576 g/mol. The fourth-order valence-electron chi connectivity index (χ4n) is 3.28. The number of nitrogens with one attached hydrogen (secondary N) is 1. The zero-order valence-corrected chi connectivity index (χ0v) is 22.8. The van der Waals surface area contributed by atoms with E-state index in [1.54, 1.807) is 0 Å². The quantitative estimate of drug-likeness (QED) is 0.0811. The molecule has 17 nitrogen and oxygen atoms in total. The zero-order valence-electron chi connectivity index (χ0n) is 22.8. The lowest BCUT2D eigenvalue weighted by Crippen LogP contribution is -2.60. The number of carbonyl (C=O) groups is 8. The first kappa shape index (κ1) is 35.3. The molecule has 0 aromatic heterocycles. The number of carbonyl (C=O) groups excluding carboxylic acids is 8. The van der Waals surface area contributed by atoms with E-state index in [4.69, 9.17) is 38.7 Å². The third-order valence-electron chi connectivity index (χ3n) is 4.38. The van der Waals surface area contributed by atoms with Gasteiger partial charge in [-0.25, -0.2) is 0 Å². The second kappa shape index (κ2) is 17.0. The number of nitrogens with zero attached hydrogens (tertiary/aromatic N) is 1. The van der Waals surface area contributed by atoms with E-state index in [1.807, 2.05) is 0 Å². The van der Waals surface area contributed by atoms with Gasteiger partial charge in [-0.3, -0.25) is 38.4 Å². The Morgan fingerprint density at radius 2 is 0.925 bits per heavy atom. The second-order valence-corrected chi connectivity index (χ2v) is 7.94. The number of esters is 7. The van der Waals surface area contributed by atoms with Gasteiger partial charge in [0.1, 0.15) is 6.61 Å². The molecule has 0 aliphatic rings. The standard InChI is InChI=1S/C23H31N2O15/c1-10(26)34-9-18(35-11(2)27)20(37-13(4)29)22(39-15(6)31)23(40-16(7)32)21(38-14(5)30)19(36-12(3)28)17(33)8-25-24/h8,18-24H,9H2,1-7H3/q+1. The van der Waals surface area contributed by atoms with Crippen molar-refractivity contribution in [3.63, 3.8) is 0 Å². The first-order valence-corrected chi connectivity index (χ1v) is 11.4. The fourth-order valence-corrected chi connectivity index (χ4v) is 3.28. The highest BCUT2D eigenvalue weighted by molar-refractivity contribution is 6.27. The third kappa shape index (κ3) is 13.2. The molecule has 1 N–H and O–H groups in total. The fraction of sp³-hybridized carbons (Fsp3) is 0.609. The van der Waals surface area contributed by atoms with Crippen molar-refractivity contribution < 1.29 is 76.3 Å². The molecular weight excluding hydrogens is 544 g/mol. The Morgan fingerprint density at radius 3 is 1.30 bits per heavy atom. The van der Waals surface area contributed by atoms with Crippen molar-refractivity contribution in [2.24, 2.45) is 0 Å². The van der Waals surface area contributed by atoms with Gasteiger partial charge in [-0.05, 0) is 0 Å². The van der Waals surface area contributed by atoms with E-state index < -0.39 is 90.8 Å². The maximum absolute atomic E-state index is 12.7. The van der Waals surface area contributed by atoms with E-state index in [1.165, 1.54) is 0 Å². The molecule has 0 radical (unpaired) electrons. The zero-order chi connectivity index (χ0) is 31.2. The molecule has 6 unspecified atom stereocenters. The van der Waals surface area contributed by atoms with Gasteiger partial charge in [-0.2, -0.15) is 0 Å². The maximum Gasteiger partial charge on any atom is 0.376 e. The number of Topliss-reactive ketones (excluding diaryl/α,β-unsaturated/α-hetero) is 1. The molecule has 40 heavy (non-hydrogen) atoms. The van der Waals surface area contributed by atoms with Crippen molar-refractivity contribution in [3.8, 4) is 0 Å². The van der Waals surface area contributed by atoms with Gasteiger partial charge < -0.3 is 33.2 Å². The van der Waals surface area contributed by atoms with Crippen LogP contribution in [0.2, 0.25) is 0 Å². The minimum absolute atomic E-state index is 0.391. The van der Waals surface area contributed by atoms with Crippen molar-refractivity contribution >= 4 is 53.8 Å². The highest BCUT2D eigenvalue weighted by Crippen LogP contribution is 2.26. The van der Waals surface area contributed by atoms with Gasteiger partial charge in [-0.1, -0.05) is 0 Å². The van der Waals surface area contributed by atoms with Crippen LogP contribution in [0, 0.1) is 5.53 Å². The van der Waals surface area contributed by atoms with Crippen molar-refractivity contribution in [1.29, 1.82) is 5.53 Å². The highest BCUT2D eigenvalue weighted by Gasteiger charge is 2.52. The molecule has 0 saturated carbocycles. The van der Waals surface area contributed by atoms with Crippen molar-refractivity contribution in [3.05, 3.63) is 0 Å². The summed E-state index contributed by atoms with van der Waals surface area (Å²) in [4.78, 5) is 99.2. The van der Waals surface area contributed by atoms with Crippen molar-refractivity contribution in [2.75, 3.05) is 6.61 Å². The first-order chi connectivity index (χ1) is 18.5. The van der Waals surface area contributed by atoms with E-state index in [2.05, 4.69) is 4.79 Å². The van der Waals surface area contributed by atoms with E-state index in [-0.39, 0.29) is 0 Å². The molecule has 0 aliphatic carbocycles. The van der Waals surface area contributed by atoms with Gasteiger partial charge in [-0.15, -0.1) is 0 Å². The summed E-state index contributed by atoms with van der Waals surface area (Å²) >= 11 is 0. The Balaban J connectivity index is 7.42. The minimum Gasteiger partial charge on any atom is -0.462 e. The largest absolute Gasteiger partial charge is 0.462 e. The molecule has 0 saturated heterocycles. The molecule has 0 bridgehead atoms. The van der Waals surface area contributed by atoms with Crippen LogP contribution in [0.15, 0.2) is 0 Å². The Kier molecular flexibility index (Phi) is 15.0. The molecular formula is C23H31N2O15+. The molecule has 0 heterocycles. The molecule has 222 valence electrons. The number of ketones is 1. The summed E-state index contributed by atoms with van der Waals surface area (Å²) in [5, 5.41) is 0. The van der Waals surface area contributed by atoms with Crippen LogP contribution >= 0.6 is 0 Å². The topological polar surface area (TPSA) is 239 Å². The number of hydrogen-bond acceptors (Lipinski definition) is 16. The van der Waals surface area contributed by atoms with Gasteiger partial charge >= 0.3 is 48.0 Å². The normalized spacial score (nSPS) is 14.7. The predicted molar refractivity (Wildman–Crippen MR) is 124 cm³/mol. The molecule has 17 heteroatoms. The summed E-state index contributed by atoms with van der Waals surface area (Å²) in [6.45, 7) is 5.62. The minimum atomic E-state index is -2.14. The lowest BCUT2D eigenvalue weighted by Gasteiger charge is -2.38. The van der Waals surface area contributed by atoms with E-state index >= 15 is 0 Å². The second-order valence-electron chi connectivity index (χ2n) is 7.94. The number of hydrogen-bond donors (Lipinski definition) is 1. The van der Waals surface area contributed by atoms with Crippen LogP contribution in [0.5, 0.6) is 0 Å². The van der Waals surface area contributed by atoms with Crippen LogP contribution in [-0.2, 0) is 71.5 Å². The maximum atomic E-state index is 12.7. The highest BCUT2D eigenvalue weighted by atomic mass is 16.7. The summed E-state index contributed by atoms with van der Waals surface area (Å²) in [5.41, 5.74) is 6.93. The van der Waals surface area contributed by atoms with Gasteiger partial charge in [0.25, 0.3) is 5.78 Å². The first-order valence-electron chi connectivity index (χ1n) is 11.4. The molecule has 0 fully saturated rings.